The number of nitrogens with two attached hydrogens (primary N) is 2. The van der Waals surface area contributed by atoms with E-state index in [-0.39, 0.29) is 0 Å². The van der Waals surface area contributed by atoms with Gasteiger partial charge in [0.1, 0.15) is 0 Å². The number of hydrogen-bond acceptors (Lipinski definition) is 6. The van der Waals surface area contributed by atoms with E-state index in [1.807, 2.05) is 0 Å². The molecule has 0 bridgehead atoms. The fourth-order valence-electron chi connectivity index (χ4n) is 0.611. The Morgan fingerprint density at radius 3 is 1.53 bits per heavy atom. The lowest BCUT2D eigenvalue weighted by molar-refractivity contribution is -0.154. The summed E-state index contributed by atoms with van der Waals surface area (Å²) in [5.41, 5.74) is 9.74. The second-order valence-electron chi connectivity index (χ2n) is 2.31. The summed E-state index contributed by atoms with van der Waals surface area (Å²) in [6, 6.07) is 0. The Hall–Kier alpha value is -1.16. The fraction of sp³-hybridized carbons (Fsp3) is 0.667. The molecule has 0 heterocycles. The van der Waals surface area contributed by atoms with Crippen LogP contribution in [0, 0.1) is 0 Å². The molecule has 0 aliphatic carbocycles. The molecule has 0 aliphatic rings. The molecule has 0 fully saturated rings. The highest BCUT2D eigenvalue weighted by Crippen LogP contribution is 1.94. The minimum atomic E-state index is -1.30. The van der Waals surface area contributed by atoms with E-state index in [1.54, 1.807) is 0 Å². The zero-order chi connectivity index (χ0) is 11.8. The predicted octanol–water partition coefficient (Wildman–Crippen LogP) is -2.53. The van der Waals surface area contributed by atoms with Crippen LogP contribution in [0.5, 0.6) is 0 Å². The molecule has 0 rings (SSSR count). The summed E-state index contributed by atoms with van der Waals surface area (Å²) in [5.74, 6) is -1.68. The first kappa shape index (κ1) is 13.8. The van der Waals surface area contributed by atoms with Crippen molar-refractivity contribution >= 4 is 19.5 Å². The van der Waals surface area contributed by atoms with Crippen LogP contribution in [0.4, 0.5) is 0 Å². The molecule has 4 N–H and O–H groups in total. The summed E-state index contributed by atoms with van der Waals surface area (Å²) in [4.78, 5) is 21.2. The van der Waals surface area contributed by atoms with Crippen molar-refractivity contribution in [2.45, 2.75) is 12.6 Å². The molecule has 0 saturated carbocycles. The molecule has 1 radical (unpaired) electrons. The van der Waals surface area contributed by atoms with Crippen molar-refractivity contribution in [3.05, 3.63) is 0 Å². The molecule has 2 amide bonds. The largest absolute Gasteiger partial charge is 0.492 e. The third-order valence-electron chi connectivity index (χ3n) is 1.25. The van der Waals surface area contributed by atoms with Crippen molar-refractivity contribution in [3.63, 3.8) is 0 Å². The van der Waals surface area contributed by atoms with Gasteiger partial charge in [0.25, 0.3) is 11.8 Å². The molecular weight excluding hydrogens is 207 g/mol. The Morgan fingerprint density at radius 2 is 1.33 bits per heavy atom. The molecule has 2 unspecified atom stereocenters. The van der Waals surface area contributed by atoms with E-state index >= 15 is 0 Å². The molecular formula is C6H12BN2O6. The molecule has 9 heteroatoms. The molecule has 0 aromatic carbocycles. The van der Waals surface area contributed by atoms with Gasteiger partial charge in [0.05, 0.1) is 0 Å². The van der Waals surface area contributed by atoms with Crippen molar-refractivity contribution in [1.82, 2.24) is 0 Å². The summed E-state index contributed by atoms with van der Waals surface area (Å²) in [6.07, 6.45) is -2.59. The molecule has 0 aliphatic heterocycles. The number of hydrogen-bond donors (Lipinski definition) is 2. The molecule has 0 aromatic rings. The minimum Gasteiger partial charge on any atom is -0.380 e. The Morgan fingerprint density at radius 1 is 1.00 bits per heavy atom. The van der Waals surface area contributed by atoms with E-state index < -0.39 is 24.4 Å². The molecule has 15 heavy (non-hydrogen) atoms. The van der Waals surface area contributed by atoms with Gasteiger partial charge in [-0.2, -0.15) is 0 Å². The normalized spacial score (nSPS) is 14.3. The summed E-state index contributed by atoms with van der Waals surface area (Å²) >= 11 is 0. The van der Waals surface area contributed by atoms with Crippen molar-refractivity contribution in [2.24, 2.45) is 11.5 Å². The molecule has 85 valence electrons. The summed E-state index contributed by atoms with van der Waals surface area (Å²) < 4.78 is 18.3. The average Bonchev–Trinajstić information content (AvgIpc) is 2.17. The van der Waals surface area contributed by atoms with Crippen LogP contribution in [0.25, 0.3) is 0 Å². The lowest BCUT2D eigenvalue weighted by Gasteiger charge is -2.14. The third-order valence-corrected chi connectivity index (χ3v) is 1.25. The monoisotopic (exact) mass is 219 g/mol. The first-order valence-electron chi connectivity index (χ1n) is 3.79. The number of carbonyl (C=O) groups excluding carboxylic acids is 2. The zero-order valence-electron chi connectivity index (χ0n) is 8.34. The van der Waals surface area contributed by atoms with E-state index in [4.69, 9.17) is 11.5 Å². The summed E-state index contributed by atoms with van der Waals surface area (Å²) in [6.45, 7) is 0. The Balaban J connectivity index is 3.85. The number of ether oxygens (including phenoxy) is 2. The highest BCUT2D eigenvalue weighted by Gasteiger charge is 2.20. The Bertz CT molecular complexity index is 204. The molecule has 0 aromatic heterocycles. The SMILES string of the molecule is COC(O[B]OC(OC)C(N)=O)C(N)=O. The third kappa shape index (κ3) is 5.32. The van der Waals surface area contributed by atoms with Crippen molar-refractivity contribution < 1.29 is 28.4 Å². The van der Waals surface area contributed by atoms with Crippen LogP contribution < -0.4 is 11.5 Å². The maximum atomic E-state index is 10.6. The average molecular weight is 219 g/mol. The zero-order valence-corrected chi connectivity index (χ0v) is 8.34. The van der Waals surface area contributed by atoms with Crippen molar-refractivity contribution in [2.75, 3.05) is 14.2 Å². The predicted molar refractivity (Wildman–Crippen MR) is 47.9 cm³/mol. The highest BCUT2D eigenvalue weighted by atomic mass is 16.7. The second kappa shape index (κ2) is 7.18. The Labute approximate surface area is 87.1 Å². The van der Waals surface area contributed by atoms with Crippen molar-refractivity contribution in [3.8, 4) is 0 Å². The second-order valence-corrected chi connectivity index (χ2v) is 2.31. The number of methoxy groups -OCH3 is 2. The standard InChI is InChI=1S/C6H12BN2O6/c1-12-5(3(8)10)14-7-15-6(13-2)4(9)11/h5-6H,1-2H3,(H2,8,10)(H2,9,11). The first-order chi connectivity index (χ1) is 7.02. The van der Waals surface area contributed by atoms with E-state index in [9.17, 15) is 9.59 Å². The van der Waals surface area contributed by atoms with Gasteiger partial charge in [-0.15, -0.1) is 0 Å². The smallest absolute Gasteiger partial charge is 0.380 e. The van der Waals surface area contributed by atoms with E-state index in [1.165, 1.54) is 14.2 Å². The van der Waals surface area contributed by atoms with Crippen LogP contribution in [-0.2, 0) is 28.4 Å². The van der Waals surface area contributed by atoms with Gasteiger partial charge in [0.15, 0.2) is 0 Å². The van der Waals surface area contributed by atoms with Gasteiger partial charge >= 0.3 is 7.69 Å². The van der Waals surface area contributed by atoms with Gasteiger partial charge in [0.2, 0.25) is 12.6 Å². The molecule has 0 spiro atoms. The number of carbonyl (C=O) groups is 2. The quantitative estimate of drug-likeness (QED) is 0.342. The van der Waals surface area contributed by atoms with Crippen LogP contribution in [-0.4, -0.2) is 46.3 Å². The minimum absolute atomic E-state index is 0.692. The molecule has 8 nitrogen and oxygen atoms in total. The highest BCUT2D eigenvalue weighted by molar-refractivity contribution is 6.19. The van der Waals surface area contributed by atoms with Crippen LogP contribution >= 0.6 is 0 Å². The van der Waals surface area contributed by atoms with Gasteiger partial charge in [-0.1, -0.05) is 0 Å². The van der Waals surface area contributed by atoms with Gasteiger partial charge in [-0.05, 0) is 0 Å². The number of amides is 2. The van der Waals surface area contributed by atoms with E-state index in [0.717, 1.165) is 0 Å². The maximum Gasteiger partial charge on any atom is 0.492 e. The van der Waals surface area contributed by atoms with Gasteiger partial charge in [-0.3, -0.25) is 9.59 Å². The van der Waals surface area contributed by atoms with Crippen LogP contribution in [0.2, 0.25) is 0 Å². The lowest BCUT2D eigenvalue weighted by Crippen LogP contribution is -2.38. The van der Waals surface area contributed by atoms with Crippen LogP contribution in [0.3, 0.4) is 0 Å². The summed E-state index contributed by atoms with van der Waals surface area (Å²) in [7, 11) is 3.12. The molecule has 2 atom stereocenters. The Kier molecular flexibility index (Phi) is 6.63. The number of primary amides is 2. The van der Waals surface area contributed by atoms with Crippen molar-refractivity contribution in [1.29, 1.82) is 0 Å². The van der Waals surface area contributed by atoms with E-state index in [2.05, 4.69) is 18.8 Å². The van der Waals surface area contributed by atoms with Crippen LogP contribution in [0.1, 0.15) is 0 Å². The van der Waals surface area contributed by atoms with E-state index in [0.29, 0.717) is 7.69 Å². The fourth-order valence-corrected chi connectivity index (χ4v) is 0.611. The first-order valence-corrected chi connectivity index (χ1v) is 3.79. The van der Waals surface area contributed by atoms with Gasteiger partial charge in [0, 0.05) is 14.2 Å². The topological polar surface area (TPSA) is 123 Å². The van der Waals surface area contributed by atoms with Gasteiger partial charge in [-0.25, -0.2) is 0 Å². The number of rotatable bonds is 8. The maximum absolute atomic E-state index is 10.6. The summed E-state index contributed by atoms with van der Waals surface area (Å²) in [5, 5.41) is 0. The molecule has 0 saturated heterocycles. The van der Waals surface area contributed by atoms with Crippen LogP contribution in [0.15, 0.2) is 0 Å². The van der Waals surface area contributed by atoms with Gasteiger partial charge < -0.3 is 30.2 Å². The lowest BCUT2D eigenvalue weighted by atomic mass is 10.3.